The Balaban J connectivity index is 1.61. The number of benzene rings is 1. The Kier molecular flexibility index (Phi) is 6.41. The lowest BCUT2D eigenvalue weighted by molar-refractivity contribution is 0.0950. The van der Waals surface area contributed by atoms with Crippen LogP contribution in [0.3, 0.4) is 0 Å². The number of ether oxygens (including phenoxy) is 2. The van der Waals surface area contributed by atoms with Crippen LogP contribution in [0.1, 0.15) is 21.5 Å². The van der Waals surface area contributed by atoms with E-state index in [1.807, 2.05) is 30.3 Å². The second kappa shape index (κ2) is 9.36. The highest BCUT2D eigenvalue weighted by Gasteiger charge is 2.08. The van der Waals surface area contributed by atoms with Crippen molar-refractivity contribution in [3.63, 3.8) is 0 Å². The molecule has 3 rings (SSSR count). The number of pyridine rings is 2. The van der Waals surface area contributed by atoms with Gasteiger partial charge in [-0.1, -0.05) is 12.1 Å². The Morgan fingerprint density at radius 1 is 0.929 bits per heavy atom. The fourth-order valence-corrected chi connectivity index (χ4v) is 2.64. The molecule has 7 nitrogen and oxygen atoms in total. The van der Waals surface area contributed by atoms with E-state index in [4.69, 9.17) is 9.47 Å². The highest BCUT2D eigenvalue weighted by molar-refractivity contribution is 5.94. The van der Waals surface area contributed by atoms with E-state index in [0.717, 1.165) is 16.8 Å². The molecule has 0 aliphatic rings. The first-order valence-electron chi connectivity index (χ1n) is 8.76. The summed E-state index contributed by atoms with van der Waals surface area (Å²) in [5, 5.41) is 6.14. The number of anilines is 1. The van der Waals surface area contributed by atoms with Gasteiger partial charge in [-0.25, -0.2) is 0 Å². The SMILES string of the molecule is COc1ccc(CNc2cncc(C(=O)NCc3cccnc3)c2)cc1OC. The van der Waals surface area contributed by atoms with Crippen molar-refractivity contribution in [3.8, 4) is 11.5 Å². The van der Waals surface area contributed by atoms with E-state index in [0.29, 0.717) is 30.2 Å². The van der Waals surface area contributed by atoms with E-state index in [1.54, 1.807) is 45.1 Å². The zero-order chi connectivity index (χ0) is 19.8. The maximum atomic E-state index is 12.4. The largest absolute Gasteiger partial charge is 0.493 e. The van der Waals surface area contributed by atoms with Crippen LogP contribution in [0.15, 0.2) is 61.2 Å². The van der Waals surface area contributed by atoms with Crippen molar-refractivity contribution >= 4 is 11.6 Å². The number of carbonyl (C=O) groups excluding carboxylic acids is 1. The Morgan fingerprint density at radius 3 is 2.54 bits per heavy atom. The van der Waals surface area contributed by atoms with Gasteiger partial charge in [0.15, 0.2) is 11.5 Å². The summed E-state index contributed by atoms with van der Waals surface area (Å²) in [4.78, 5) is 20.6. The third kappa shape index (κ3) is 4.97. The lowest BCUT2D eigenvalue weighted by Gasteiger charge is -2.11. The van der Waals surface area contributed by atoms with Gasteiger partial charge in [0, 0.05) is 37.9 Å². The van der Waals surface area contributed by atoms with Crippen LogP contribution in [0.2, 0.25) is 0 Å². The predicted molar refractivity (Wildman–Crippen MR) is 107 cm³/mol. The Hall–Kier alpha value is -3.61. The van der Waals surface area contributed by atoms with Gasteiger partial charge < -0.3 is 20.1 Å². The zero-order valence-electron chi connectivity index (χ0n) is 15.8. The molecule has 0 spiro atoms. The molecule has 0 radical (unpaired) electrons. The van der Waals surface area contributed by atoms with Crippen LogP contribution in [0.5, 0.6) is 11.5 Å². The number of hydrogen-bond donors (Lipinski definition) is 2. The molecule has 0 aliphatic heterocycles. The molecule has 7 heteroatoms. The minimum Gasteiger partial charge on any atom is -0.493 e. The molecule has 2 heterocycles. The highest BCUT2D eigenvalue weighted by Crippen LogP contribution is 2.27. The van der Waals surface area contributed by atoms with Gasteiger partial charge in [-0.2, -0.15) is 0 Å². The third-order valence-corrected chi connectivity index (χ3v) is 4.12. The maximum Gasteiger partial charge on any atom is 0.253 e. The van der Waals surface area contributed by atoms with Gasteiger partial charge in [-0.15, -0.1) is 0 Å². The number of aromatic nitrogens is 2. The molecule has 0 saturated carbocycles. The third-order valence-electron chi connectivity index (χ3n) is 4.12. The summed E-state index contributed by atoms with van der Waals surface area (Å²) in [6.07, 6.45) is 6.64. The quantitative estimate of drug-likeness (QED) is 0.627. The van der Waals surface area contributed by atoms with Gasteiger partial charge in [-0.05, 0) is 35.4 Å². The molecular formula is C21H22N4O3. The van der Waals surface area contributed by atoms with E-state index >= 15 is 0 Å². The average Bonchev–Trinajstić information content (AvgIpc) is 2.76. The fourth-order valence-electron chi connectivity index (χ4n) is 2.64. The number of methoxy groups -OCH3 is 2. The van der Waals surface area contributed by atoms with Crippen molar-refractivity contribution in [2.75, 3.05) is 19.5 Å². The van der Waals surface area contributed by atoms with Gasteiger partial charge in [0.05, 0.1) is 25.5 Å². The van der Waals surface area contributed by atoms with Crippen LogP contribution in [-0.2, 0) is 13.1 Å². The summed E-state index contributed by atoms with van der Waals surface area (Å²) in [5.41, 5.74) is 3.20. The monoisotopic (exact) mass is 378 g/mol. The second-order valence-electron chi connectivity index (χ2n) is 6.05. The summed E-state index contributed by atoms with van der Waals surface area (Å²) >= 11 is 0. The van der Waals surface area contributed by atoms with Crippen molar-refractivity contribution in [1.82, 2.24) is 15.3 Å². The summed E-state index contributed by atoms with van der Waals surface area (Å²) in [6.45, 7) is 0.971. The highest BCUT2D eigenvalue weighted by atomic mass is 16.5. The summed E-state index contributed by atoms with van der Waals surface area (Å²) < 4.78 is 10.6. The van der Waals surface area contributed by atoms with Crippen LogP contribution < -0.4 is 20.1 Å². The van der Waals surface area contributed by atoms with Crippen molar-refractivity contribution < 1.29 is 14.3 Å². The van der Waals surface area contributed by atoms with Crippen molar-refractivity contribution in [3.05, 3.63) is 77.9 Å². The van der Waals surface area contributed by atoms with Gasteiger partial charge in [0.25, 0.3) is 5.91 Å². The molecule has 3 aromatic rings. The molecule has 0 unspecified atom stereocenters. The van der Waals surface area contributed by atoms with Crippen LogP contribution in [0.4, 0.5) is 5.69 Å². The fraction of sp³-hybridized carbons (Fsp3) is 0.190. The molecule has 1 aromatic carbocycles. The summed E-state index contributed by atoms with van der Waals surface area (Å²) in [5.74, 6) is 1.16. The van der Waals surface area contributed by atoms with Crippen LogP contribution in [0, 0.1) is 0 Å². The van der Waals surface area contributed by atoms with Gasteiger partial charge in [0.1, 0.15) is 0 Å². The standard InChI is InChI=1S/C21H22N4O3/c1-27-19-6-5-15(8-20(19)28-2)11-24-18-9-17(13-23-14-18)21(26)25-12-16-4-3-7-22-10-16/h3-10,13-14,24H,11-12H2,1-2H3,(H,25,26). The van der Waals surface area contributed by atoms with Crippen molar-refractivity contribution in [2.45, 2.75) is 13.1 Å². The Labute approximate surface area is 163 Å². The molecule has 144 valence electrons. The molecule has 0 bridgehead atoms. The summed E-state index contributed by atoms with van der Waals surface area (Å²) in [7, 11) is 3.21. The number of nitrogens with one attached hydrogen (secondary N) is 2. The number of rotatable bonds is 8. The van der Waals surface area contributed by atoms with E-state index < -0.39 is 0 Å². The number of hydrogen-bond acceptors (Lipinski definition) is 6. The first-order valence-corrected chi connectivity index (χ1v) is 8.76. The topological polar surface area (TPSA) is 85.4 Å². The van der Waals surface area contributed by atoms with E-state index in [1.165, 1.54) is 0 Å². The molecule has 28 heavy (non-hydrogen) atoms. The van der Waals surface area contributed by atoms with E-state index in [2.05, 4.69) is 20.6 Å². The normalized spacial score (nSPS) is 10.2. The molecule has 0 atom stereocenters. The van der Waals surface area contributed by atoms with Crippen molar-refractivity contribution in [1.29, 1.82) is 0 Å². The summed E-state index contributed by atoms with van der Waals surface area (Å²) in [6, 6.07) is 11.2. The Morgan fingerprint density at radius 2 is 1.79 bits per heavy atom. The maximum absolute atomic E-state index is 12.4. The number of amides is 1. The molecule has 0 aliphatic carbocycles. The zero-order valence-corrected chi connectivity index (χ0v) is 15.8. The second-order valence-corrected chi connectivity index (χ2v) is 6.05. The minimum absolute atomic E-state index is 0.189. The van der Waals surface area contributed by atoms with Crippen LogP contribution in [-0.4, -0.2) is 30.1 Å². The smallest absolute Gasteiger partial charge is 0.253 e. The van der Waals surface area contributed by atoms with Crippen LogP contribution in [0.25, 0.3) is 0 Å². The minimum atomic E-state index is -0.189. The molecule has 2 N–H and O–H groups in total. The van der Waals surface area contributed by atoms with Gasteiger partial charge >= 0.3 is 0 Å². The van der Waals surface area contributed by atoms with Gasteiger partial charge in [0.2, 0.25) is 0 Å². The lowest BCUT2D eigenvalue weighted by Crippen LogP contribution is -2.23. The first kappa shape index (κ1) is 19.2. The van der Waals surface area contributed by atoms with Gasteiger partial charge in [-0.3, -0.25) is 14.8 Å². The lowest BCUT2D eigenvalue weighted by atomic mass is 10.2. The molecule has 1 amide bonds. The molecule has 2 aromatic heterocycles. The van der Waals surface area contributed by atoms with Crippen molar-refractivity contribution in [2.24, 2.45) is 0 Å². The van der Waals surface area contributed by atoms with Crippen LogP contribution >= 0.6 is 0 Å². The molecular weight excluding hydrogens is 356 g/mol. The molecule has 0 saturated heterocycles. The predicted octanol–water partition coefficient (Wildman–Crippen LogP) is 3.04. The van der Waals surface area contributed by atoms with E-state index in [9.17, 15) is 4.79 Å². The van der Waals surface area contributed by atoms with E-state index in [-0.39, 0.29) is 5.91 Å². The number of nitrogens with zero attached hydrogens (tertiary/aromatic N) is 2. The first-order chi connectivity index (χ1) is 13.7. The molecule has 0 fully saturated rings. The Bertz CT molecular complexity index is 932. The average molecular weight is 378 g/mol. The number of carbonyl (C=O) groups is 1.